The molecule has 0 aromatic heterocycles. The molecule has 2 aromatic carbocycles. The number of hydrogen-bond donors (Lipinski definition) is 2. The van der Waals surface area contributed by atoms with Gasteiger partial charge in [-0.3, -0.25) is 9.59 Å². The SMILES string of the molecule is COc1ccc(CN(C(=O)C(C)C)C(C(=O)NCCCO)c2ccccc2)cc1. The zero-order valence-electron chi connectivity index (χ0n) is 17.3. The lowest BCUT2D eigenvalue weighted by Gasteiger charge is -2.33. The van der Waals surface area contributed by atoms with Crippen LogP contribution in [0.5, 0.6) is 5.75 Å². The van der Waals surface area contributed by atoms with Gasteiger partial charge < -0.3 is 20.1 Å². The molecule has 2 N–H and O–H groups in total. The molecule has 0 radical (unpaired) electrons. The van der Waals surface area contributed by atoms with E-state index in [1.54, 1.807) is 12.0 Å². The first kappa shape index (κ1) is 22.4. The Morgan fingerprint density at radius 3 is 2.28 bits per heavy atom. The smallest absolute Gasteiger partial charge is 0.247 e. The van der Waals surface area contributed by atoms with Crippen molar-refractivity contribution >= 4 is 11.8 Å². The monoisotopic (exact) mass is 398 g/mol. The number of aliphatic hydroxyl groups excluding tert-OH is 1. The molecular weight excluding hydrogens is 368 g/mol. The minimum atomic E-state index is -0.758. The Balaban J connectivity index is 2.39. The Bertz CT molecular complexity index is 775. The van der Waals surface area contributed by atoms with Crippen molar-refractivity contribution in [2.45, 2.75) is 32.9 Å². The van der Waals surface area contributed by atoms with Crippen LogP contribution < -0.4 is 10.1 Å². The van der Waals surface area contributed by atoms with Crippen molar-refractivity contribution < 1.29 is 19.4 Å². The summed E-state index contributed by atoms with van der Waals surface area (Å²) in [5, 5.41) is 11.9. The van der Waals surface area contributed by atoms with Gasteiger partial charge in [-0.1, -0.05) is 56.3 Å². The molecule has 0 spiro atoms. The third kappa shape index (κ3) is 6.32. The van der Waals surface area contributed by atoms with Gasteiger partial charge in [-0.25, -0.2) is 0 Å². The molecule has 0 aliphatic carbocycles. The van der Waals surface area contributed by atoms with Crippen LogP contribution >= 0.6 is 0 Å². The second kappa shape index (κ2) is 11.2. The largest absolute Gasteiger partial charge is 0.497 e. The van der Waals surface area contributed by atoms with Crippen LogP contribution in [0.2, 0.25) is 0 Å². The quantitative estimate of drug-likeness (QED) is 0.603. The van der Waals surface area contributed by atoms with Gasteiger partial charge in [-0.2, -0.15) is 0 Å². The minimum absolute atomic E-state index is 0.00320. The highest BCUT2D eigenvalue weighted by atomic mass is 16.5. The van der Waals surface area contributed by atoms with E-state index in [4.69, 9.17) is 9.84 Å². The molecule has 0 fully saturated rings. The van der Waals surface area contributed by atoms with Gasteiger partial charge in [0, 0.05) is 25.6 Å². The summed E-state index contributed by atoms with van der Waals surface area (Å²) >= 11 is 0. The number of carbonyl (C=O) groups excluding carboxylic acids is 2. The van der Waals surface area contributed by atoms with Crippen molar-refractivity contribution in [2.24, 2.45) is 5.92 Å². The van der Waals surface area contributed by atoms with Crippen LogP contribution in [0.15, 0.2) is 54.6 Å². The summed E-state index contributed by atoms with van der Waals surface area (Å²) in [4.78, 5) is 27.8. The van der Waals surface area contributed by atoms with E-state index in [9.17, 15) is 9.59 Å². The standard InChI is InChI=1S/C23H30N2O4/c1-17(2)23(28)25(16-18-10-12-20(29-3)13-11-18)21(19-8-5-4-6-9-19)22(27)24-14-7-15-26/h4-6,8-13,17,21,26H,7,14-16H2,1-3H3,(H,24,27). The van der Waals surface area contributed by atoms with Crippen LogP contribution in [0.1, 0.15) is 37.4 Å². The summed E-state index contributed by atoms with van der Waals surface area (Å²) in [7, 11) is 1.60. The van der Waals surface area contributed by atoms with Gasteiger partial charge in [0.05, 0.1) is 7.11 Å². The molecule has 2 aromatic rings. The van der Waals surface area contributed by atoms with Gasteiger partial charge >= 0.3 is 0 Å². The second-order valence-electron chi connectivity index (χ2n) is 7.15. The third-order valence-electron chi connectivity index (χ3n) is 4.60. The van der Waals surface area contributed by atoms with Crippen molar-refractivity contribution in [1.29, 1.82) is 0 Å². The average Bonchev–Trinajstić information content (AvgIpc) is 2.74. The molecule has 156 valence electrons. The minimum Gasteiger partial charge on any atom is -0.497 e. The molecule has 0 aliphatic heterocycles. The first-order chi connectivity index (χ1) is 14.0. The van der Waals surface area contributed by atoms with Gasteiger partial charge in [0.2, 0.25) is 11.8 Å². The first-order valence-electron chi connectivity index (χ1n) is 9.84. The maximum absolute atomic E-state index is 13.1. The van der Waals surface area contributed by atoms with E-state index in [1.807, 2.05) is 68.4 Å². The summed E-state index contributed by atoms with van der Waals surface area (Å²) in [6, 6.07) is 16.0. The van der Waals surface area contributed by atoms with Crippen LogP contribution in [-0.2, 0) is 16.1 Å². The highest BCUT2D eigenvalue weighted by Gasteiger charge is 2.32. The number of ether oxygens (including phenoxy) is 1. The first-order valence-corrected chi connectivity index (χ1v) is 9.84. The molecule has 6 nitrogen and oxygen atoms in total. The summed E-state index contributed by atoms with van der Waals surface area (Å²) in [6.45, 7) is 4.31. The fourth-order valence-corrected chi connectivity index (χ4v) is 3.05. The Kier molecular flexibility index (Phi) is 8.68. The Morgan fingerprint density at radius 1 is 1.07 bits per heavy atom. The van der Waals surface area contributed by atoms with Crippen molar-refractivity contribution in [3.63, 3.8) is 0 Å². The summed E-state index contributed by atoms with van der Waals surface area (Å²) in [5.41, 5.74) is 1.65. The van der Waals surface area contributed by atoms with E-state index >= 15 is 0 Å². The fraction of sp³-hybridized carbons (Fsp3) is 0.391. The van der Waals surface area contributed by atoms with E-state index in [2.05, 4.69) is 5.32 Å². The Labute approximate surface area is 172 Å². The number of aliphatic hydroxyl groups is 1. The maximum atomic E-state index is 13.1. The highest BCUT2D eigenvalue weighted by Crippen LogP contribution is 2.26. The predicted molar refractivity (Wildman–Crippen MR) is 112 cm³/mol. The van der Waals surface area contributed by atoms with Gasteiger partial charge in [-0.15, -0.1) is 0 Å². The number of rotatable bonds is 10. The zero-order chi connectivity index (χ0) is 21.2. The zero-order valence-corrected chi connectivity index (χ0v) is 17.3. The van der Waals surface area contributed by atoms with Crippen LogP contribution in [0, 0.1) is 5.92 Å². The number of nitrogens with zero attached hydrogens (tertiary/aromatic N) is 1. The van der Waals surface area contributed by atoms with Crippen LogP contribution in [0.25, 0.3) is 0 Å². The van der Waals surface area contributed by atoms with Gasteiger partial charge in [0.25, 0.3) is 0 Å². The molecule has 0 heterocycles. The molecule has 2 amide bonds. The molecule has 1 atom stereocenters. The lowest BCUT2D eigenvalue weighted by Crippen LogP contribution is -2.45. The fourth-order valence-electron chi connectivity index (χ4n) is 3.05. The van der Waals surface area contributed by atoms with Gasteiger partial charge in [0.1, 0.15) is 11.8 Å². The number of hydrogen-bond acceptors (Lipinski definition) is 4. The maximum Gasteiger partial charge on any atom is 0.247 e. The van der Waals surface area contributed by atoms with Crippen molar-refractivity contribution in [3.05, 3.63) is 65.7 Å². The summed E-state index contributed by atoms with van der Waals surface area (Å²) < 4.78 is 5.20. The lowest BCUT2D eigenvalue weighted by atomic mass is 10.0. The molecule has 6 heteroatoms. The molecule has 0 bridgehead atoms. The number of carbonyl (C=O) groups is 2. The van der Waals surface area contributed by atoms with Crippen LogP contribution in [0.4, 0.5) is 0 Å². The normalized spacial score (nSPS) is 11.8. The number of amides is 2. The molecule has 2 rings (SSSR count). The van der Waals surface area contributed by atoms with Crippen molar-refractivity contribution in [3.8, 4) is 5.75 Å². The summed E-state index contributed by atoms with van der Waals surface area (Å²) in [6.07, 6.45) is 0.462. The third-order valence-corrected chi connectivity index (χ3v) is 4.60. The lowest BCUT2D eigenvalue weighted by molar-refractivity contribution is -0.144. The number of benzene rings is 2. The topological polar surface area (TPSA) is 78.9 Å². The van der Waals surface area contributed by atoms with E-state index < -0.39 is 6.04 Å². The van der Waals surface area contributed by atoms with E-state index in [-0.39, 0.29) is 24.3 Å². The van der Waals surface area contributed by atoms with Gasteiger partial charge in [0.15, 0.2) is 0 Å². The van der Waals surface area contributed by atoms with Crippen LogP contribution in [-0.4, -0.2) is 42.1 Å². The Hall–Kier alpha value is -2.86. The molecule has 0 saturated carbocycles. The molecular formula is C23H30N2O4. The Morgan fingerprint density at radius 2 is 1.72 bits per heavy atom. The molecule has 0 saturated heterocycles. The molecule has 0 aliphatic rings. The second-order valence-corrected chi connectivity index (χ2v) is 7.15. The van der Waals surface area contributed by atoms with Gasteiger partial charge in [-0.05, 0) is 29.7 Å². The predicted octanol–water partition coefficient (Wildman–Crippen LogP) is 2.92. The van der Waals surface area contributed by atoms with E-state index in [0.29, 0.717) is 19.5 Å². The van der Waals surface area contributed by atoms with E-state index in [1.165, 1.54) is 0 Å². The number of nitrogens with one attached hydrogen (secondary N) is 1. The number of methoxy groups -OCH3 is 1. The van der Waals surface area contributed by atoms with Crippen molar-refractivity contribution in [1.82, 2.24) is 10.2 Å². The highest BCUT2D eigenvalue weighted by molar-refractivity contribution is 5.89. The summed E-state index contributed by atoms with van der Waals surface area (Å²) in [5.74, 6) is 0.112. The average molecular weight is 399 g/mol. The van der Waals surface area contributed by atoms with E-state index in [0.717, 1.165) is 16.9 Å². The molecule has 29 heavy (non-hydrogen) atoms. The van der Waals surface area contributed by atoms with Crippen LogP contribution in [0.3, 0.4) is 0 Å². The van der Waals surface area contributed by atoms with Crippen molar-refractivity contribution in [2.75, 3.05) is 20.3 Å². The molecule has 1 unspecified atom stereocenters.